The standard InChI is InChI=1S/C17H16N4OS/c22-17-14-11-21(10-13-4-2-8-23-13)7-5-15(14)19-16(20-17)12-3-1-6-18-9-12/h1-4,6,8-9H,5,7,10-11H2,(H,19,20,22). The number of thiophene rings is 1. The highest BCUT2D eigenvalue weighted by molar-refractivity contribution is 7.09. The summed E-state index contributed by atoms with van der Waals surface area (Å²) in [6.07, 6.45) is 4.23. The molecule has 0 saturated heterocycles. The molecular formula is C17H16N4OS. The van der Waals surface area contributed by atoms with E-state index in [2.05, 4.69) is 37.4 Å². The molecule has 0 amide bonds. The molecule has 0 unspecified atom stereocenters. The number of hydrogen-bond donors (Lipinski definition) is 1. The van der Waals surface area contributed by atoms with E-state index >= 15 is 0 Å². The van der Waals surface area contributed by atoms with Gasteiger partial charge in [0.25, 0.3) is 5.56 Å². The maximum Gasteiger partial charge on any atom is 0.255 e. The van der Waals surface area contributed by atoms with E-state index in [-0.39, 0.29) is 5.56 Å². The van der Waals surface area contributed by atoms with Crippen molar-refractivity contribution in [3.05, 3.63) is 68.5 Å². The number of aromatic nitrogens is 3. The third-order valence-corrected chi connectivity index (χ3v) is 4.90. The lowest BCUT2D eigenvalue weighted by molar-refractivity contribution is 0.244. The molecule has 0 aliphatic carbocycles. The molecule has 1 aliphatic heterocycles. The molecule has 1 aliphatic rings. The van der Waals surface area contributed by atoms with Crippen LogP contribution in [0.3, 0.4) is 0 Å². The van der Waals surface area contributed by atoms with E-state index in [1.807, 2.05) is 12.1 Å². The van der Waals surface area contributed by atoms with Crippen LogP contribution in [0.15, 0.2) is 46.8 Å². The van der Waals surface area contributed by atoms with E-state index in [0.29, 0.717) is 12.4 Å². The third-order valence-electron chi connectivity index (χ3n) is 4.04. The average Bonchev–Trinajstić information content (AvgIpc) is 3.09. The lowest BCUT2D eigenvalue weighted by Crippen LogP contribution is -2.35. The predicted molar refractivity (Wildman–Crippen MR) is 90.2 cm³/mol. The van der Waals surface area contributed by atoms with E-state index in [4.69, 9.17) is 0 Å². The molecule has 3 aromatic rings. The van der Waals surface area contributed by atoms with Crippen LogP contribution < -0.4 is 5.56 Å². The second-order valence-corrected chi connectivity index (χ2v) is 6.65. The first-order valence-electron chi connectivity index (χ1n) is 7.57. The molecule has 0 radical (unpaired) electrons. The Bertz CT molecular complexity index is 858. The fourth-order valence-corrected chi connectivity index (χ4v) is 3.62. The molecule has 0 spiro atoms. The number of fused-ring (bicyclic) bond motifs is 1. The van der Waals surface area contributed by atoms with Gasteiger partial charge >= 0.3 is 0 Å². The Hall–Kier alpha value is -2.31. The minimum atomic E-state index is -0.0373. The molecule has 23 heavy (non-hydrogen) atoms. The number of nitrogens with zero attached hydrogens (tertiary/aromatic N) is 3. The van der Waals surface area contributed by atoms with Crippen molar-refractivity contribution in [3.63, 3.8) is 0 Å². The molecule has 0 aromatic carbocycles. The number of pyridine rings is 1. The second-order valence-electron chi connectivity index (χ2n) is 5.62. The van der Waals surface area contributed by atoms with E-state index in [1.54, 1.807) is 23.7 Å². The summed E-state index contributed by atoms with van der Waals surface area (Å²) < 4.78 is 0. The van der Waals surface area contributed by atoms with Gasteiger partial charge in [-0.05, 0) is 23.6 Å². The molecule has 4 rings (SSSR count). The van der Waals surface area contributed by atoms with Crippen LogP contribution in [-0.4, -0.2) is 26.4 Å². The molecule has 0 fully saturated rings. The van der Waals surface area contributed by atoms with Crippen LogP contribution in [0.5, 0.6) is 0 Å². The predicted octanol–water partition coefficient (Wildman–Crippen LogP) is 2.45. The zero-order chi connectivity index (χ0) is 15.6. The van der Waals surface area contributed by atoms with Crippen LogP contribution in [0.25, 0.3) is 11.4 Å². The van der Waals surface area contributed by atoms with Gasteiger partial charge in [-0.2, -0.15) is 0 Å². The smallest absolute Gasteiger partial charge is 0.255 e. The Labute approximate surface area is 137 Å². The summed E-state index contributed by atoms with van der Waals surface area (Å²) in [5.41, 5.74) is 2.51. The summed E-state index contributed by atoms with van der Waals surface area (Å²) in [7, 11) is 0. The van der Waals surface area contributed by atoms with Crippen LogP contribution in [0, 0.1) is 0 Å². The number of H-pyrrole nitrogens is 1. The first kappa shape index (κ1) is 14.3. The monoisotopic (exact) mass is 324 g/mol. The number of rotatable bonds is 3. The fourth-order valence-electron chi connectivity index (χ4n) is 2.88. The Morgan fingerprint density at radius 1 is 1.30 bits per heavy atom. The van der Waals surface area contributed by atoms with Gasteiger partial charge in [0.05, 0.1) is 11.3 Å². The van der Waals surface area contributed by atoms with Gasteiger partial charge < -0.3 is 4.98 Å². The lowest BCUT2D eigenvalue weighted by Gasteiger charge is -2.27. The molecule has 0 atom stereocenters. The van der Waals surface area contributed by atoms with Crippen molar-refractivity contribution in [2.75, 3.05) is 6.54 Å². The van der Waals surface area contributed by atoms with Crippen LogP contribution in [-0.2, 0) is 19.5 Å². The topological polar surface area (TPSA) is 61.9 Å². The van der Waals surface area contributed by atoms with Crippen molar-refractivity contribution in [2.45, 2.75) is 19.5 Å². The van der Waals surface area contributed by atoms with Crippen LogP contribution >= 0.6 is 11.3 Å². The fraction of sp³-hybridized carbons (Fsp3) is 0.235. The van der Waals surface area contributed by atoms with Gasteiger partial charge in [-0.15, -0.1) is 11.3 Å². The van der Waals surface area contributed by atoms with Crippen LogP contribution in [0.1, 0.15) is 16.1 Å². The highest BCUT2D eigenvalue weighted by Gasteiger charge is 2.21. The first-order chi connectivity index (χ1) is 11.3. The number of aromatic amines is 1. The maximum absolute atomic E-state index is 12.5. The second kappa shape index (κ2) is 6.06. The van der Waals surface area contributed by atoms with Crippen molar-refractivity contribution in [1.29, 1.82) is 0 Å². The van der Waals surface area contributed by atoms with Crippen LogP contribution in [0.2, 0.25) is 0 Å². The average molecular weight is 324 g/mol. The Morgan fingerprint density at radius 2 is 2.26 bits per heavy atom. The molecule has 1 N–H and O–H groups in total. The van der Waals surface area contributed by atoms with E-state index in [9.17, 15) is 4.79 Å². The van der Waals surface area contributed by atoms with E-state index < -0.39 is 0 Å². The van der Waals surface area contributed by atoms with Gasteiger partial charge in [-0.25, -0.2) is 4.98 Å². The molecule has 0 saturated carbocycles. The van der Waals surface area contributed by atoms with Gasteiger partial charge in [-0.3, -0.25) is 14.7 Å². The molecule has 4 heterocycles. The first-order valence-corrected chi connectivity index (χ1v) is 8.45. The zero-order valence-corrected chi connectivity index (χ0v) is 13.3. The van der Waals surface area contributed by atoms with Crippen molar-refractivity contribution in [1.82, 2.24) is 19.9 Å². The Kier molecular flexibility index (Phi) is 3.77. The highest BCUT2D eigenvalue weighted by Crippen LogP contribution is 2.20. The SMILES string of the molecule is O=c1[nH]c(-c2cccnc2)nc2c1CN(Cc1cccs1)CC2. The zero-order valence-electron chi connectivity index (χ0n) is 12.5. The maximum atomic E-state index is 12.5. The molecular weight excluding hydrogens is 308 g/mol. The summed E-state index contributed by atoms with van der Waals surface area (Å²) >= 11 is 1.75. The quantitative estimate of drug-likeness (QED) is 0.804. The molecule has 6 heteroatoms. The highest BCUT2D eigenvalue weighted by atomic mass is 32.1. The summed E-state index contributed by atoms with van der Waals surface area (Å²) in [6, 6.07) is 7.95. The summed E-state index contributed by atoms with van der Waals surface area (Å²) in [4.78, 5) is 27.7. The van der Waals surface area contributed by atoms with Crippen molar-refractivity contribution in [3.8, 4) is 11.4 Å². The molecule has 0 bridgehead atoms. The van der Waals surface area contributed by atoms with Crippen molar-refractivity contribution >= 4 is 11.3 Å². The largest absolute Gasteiger partial charge is 0.306 e. The van der Waals surface area contributed by atoms with Gasteiger partial charge in [-0.1, -0.05) is 6.07 Å². The van der Waals surface area contributed by atoms with Gasteiger partial charge in [0.15, 0.2) is 0 Å². The van der Waals surface area contributed by atoms with Gasteiger partial charge in [0.1, 0.15) is 5.82 Å². The molecule has 5 nitrogen and oxygen atoms in total. The third kappa shape index (κ3) is 2.95. The number of hydrogen-bond acceptors (Lipinski definition) is 5. The lowest BCUT2D eigenvalue weighted by atomic mass is 10.1. The minimum Gasteiger partial charge on any atom is -0.306 e. The molecule has 116 valence electrons. The van der Waals surface area contributed by atoms with Crippen molar-refractivity contribution < 1.29 is 0 Å². The van der Waals surface area contributed by atoms with E-state index in [0.717, 1.165) is 36.3 Å². The van der Waals surface area contributed by atoms with E-state index in [1.165, 1.54) is 4.88 Å². The van der Waals surface area contributed by atoms with Gasteiger partial charge in [0.2, 0.25) is 0 Å². The van der Waals surface area contributed by atoms with Crippen LogP contribution in [0.4, 0.5) is 0 Å². The van der Waals surface area contributed by atoms with Gasteiger partial charge in [0, 0.05) is 48.9 Å². The Balaban J connectivity index is 1.62. The minimum absolute atomic E-state index is 0.0373. The summed E-state index contributed by atoms with van der Waals surface area (Å²) in [6.45, 7) is 2.47. The Morgan fingerprint density at radius 3 is 3.04 bits per heavy atom. The summed E-state index contributed by atoms with van der Waals surface area (Å²) in [5.74, 6) is 0.605. The summed E-state index contributed by atoms with van der Waals surface area (Å²) in [5, 5.41) is 2.09. The normalized spacial score (nSPS) is 14.6. The number of nitrogens with one attached hydrogen (secondary N) is 1. The molecule has 3 aromatic heterocycles. The van der Waals surface area contributed by atoms with Crippen molar-refractivity contribution in [2.24, 2.45) is 0 Å².